The van der Waals surface area contributed by atoms with E-state index in [2.05, 4.69) is 33.2 Å². The van der Waals surface area contributed by atoms with Crippen molar-refractivity contribution < 1.29 is 9.53 Å². The fourth-order valence-electron chi connectivity index (χ4n) is 3.77. The summed E-state index contributed by atoms with van der Waals surface area (Å²) in [6.45, 7) is 7.45. The van der Waals surface area contributed by atoms with Crippen LogP contribution in [0.25, 0.3) is 0 Å². The molecule has 4 rings (SSSR count). The number of aromatic nitrogens is 4. The van der Waals surface area contributed by atoms with Crippen molar-refractivity contribution in [3.05, 3.63) is 58.1 Å². The molecule has 0 N–H and O–H groups in total. The van der Waals surface area contributed by atoms with Gasteiger partial charge in [0.1, 0.15) is 12.4 Å². The molecule has 0 atom stereocenters. The van der Waals surface area contributed by atoms with Gasteiger partial charge in [0, 0.05) is 29.5 Å². The first kappa shape index (κ1) is 22.0. The summed E-state index contributed by atoms with van der Waals surface area (Å²) in [6, 6.07) is 9.77. The van der Waals surface area contributed by atoms with Crippen molar-refractivity contribution in [3.8, 4) is 5.75 Å². The number of ketones is 1. The molecule has 1 fully saturated rings. The number of thioether (sulfide) groups is 1. The predicted molar refractivity (Wildman–Crippen MR) is 123 cm³/mol. The molecule has 2 aromatic heterocycles. The van der Waals surface area contributed by atoms with Crippen LogP contribution in [-0.2, 0) is 13.2 Å². The van der Waals surface area contributed by atoms with Crippen LogP contribution in [0.5, 0.6) is 5.75 Å². The molecular formula is C23H27ClN4O2S. The average molecular weight is 459 g/mol. The number of hydrogen-bond acceptors (Lipinski definition) is 5. The third kappa shape index (κ3) is 4.83. The highest BCUT2D eigenvalue weighted by Crippen LogP contribution is 2.39. The number of halogens is 1. The number of Topliss-reactive ketones (excluding diaryl/α,β-unsaturated/α-hetero) is 1. The lowest BCUT2D eigenvalue weighted by Gasteiger charge is -2.11. The lowest BCUT2D eigenvalue weighted by Crippen LogP contribution is -2.09. The van der Waals surface area contributed by atoms with Gasteiger partial charge in [0.25, 0.3) is 0 Å². The summed E-state index contributed by atoms with van der Waals surface area (Å²) < 4.78 is 10.2. The minimum absolute atomic E-state index is 0.125. The van der Waals surface area contributed by atoms with Crippen LogP contribution in [0.1, 0.15) is 59.8 Å². The smallest absolute Gasteiger partial charge is 0.192 e. The van der Waals surface area contributed by atoms with Crippen LogP contribution < -0.4 is 4.74 Å². The minimum atomic E-state index is 0.125. The Morgan fingerprint density at radius 1 is 1.26 bits per heavy atom. The van der Waals surface area contributed by atoms with Gasteiger partial charge in [-0.2, -0.15) is 0 Å². The molecule has 1 saturated carbocycles. The third-order valence-electron chi connectivity index (χ3n) is 5.49. The minimum Gasteiger partial charge on any atom is -0.484 e. The lowest BCUT2D eigenvalue weighted by molar-refractivity contribution is 0.102. The number of aryl methyl sites for hydroxylation is 1. The van der Waals surface area contributed by atoms with Crippen LogP contribution in [0.15, 0.2) is 35.5 Å². The third-order valence-corrected chi connectivity index (χ3v) is 6.75. The Morgan fingerprint density at radius 2 is 2.03 bits per heavy atom. The van der Waals surface area contributed by atoms with Crippen LogP contribution in [-0.4, -0.2) is 30.9 Å². The highest BCUT2D eigenvalue weighted by Gasteiger charge is 2.30. The van der Waals surface area contributed by atoms with E-state index < -0.39 is 0 Å². The molecule has 8 heteroatoms. The Labute approximate surface area is 192 Å². The number of hydrogen-bond donors (Lipinski definition) is 0. The van der Waals surface area contributed by atoms with Crippen molar-refractivity contribution in [1.29, 1.82) is 0 Å². The molecule has 0 saturated heterocycles. The number of carbonyl (C=O) groups is 1. The molecule has 6 nitrogen and oxygen atoms in total. The highest BCUT2D eigenvalue weighted by molar-refractivity contribution is 7.99. The summed E-state index contributed by atoms with van der Waals surface area (Å²) in [5.41, 5.74) is 2.98. The van der Waals surface area contributed by atoms with Gasteiger partial charge < -0.3 is 9.30 Å². The maximum absolute atomic E-state index is 12.9. The zero-order valence-corrected chi connectivity index (χ0v) is 19.7. The van der Waals surface area contributed by atoms with Gasteiger partial charge >= 0.3 is 0 Å². The standard InChI is InChI=1S/C23H27ClN4O2S/c1-4-11-27-15(2)12-18(16(27)3)20(29)14-31-23-26-25-22(28(23)17-9-10-17)13-30-21-8-6-5-7-19(21)24/h5-8,12,17H,4,9-11,13-14H2,1-3H3. The van der Waals surface area contributed by atoms with Gasteiger partial charge in [-0.25, -0.2) is 0 Å². The maximum atomic E-state index is 12.9. The summed E-state index contributed by atoms with van der Waals surface area (Å²) in [7, 11) is 0. The molecule has 0 unspecified atom stereocenters. The molecule has 0 bridgehead atoms. The van der Waals surface area contributed by atoms with Crippen LogP contribution in [0, 0.1) is 13.8 Å². The number of benzene rings is 1. The zero-order chi connectivity index (χ0) is 22.0. The number of carbonyl (C=O) groups excluding carboxylic acids is 1. The topological polar surface area (TPSA) is 61.9 Å². The summed E-state index contributed by atoms with van der Waals surface area (Å²) >= 11 is 7.64. The Hall–Kier alpha value is -2.25. The zero-order valence-electron chi connectivity index (χ0n) is 18.1. The Morgan fingerprint density at radius 3 is 2.74 bits per heavy atom. The van der Waals surface area contributed by atoms with Gasteiger partial charge in [0.05, 0.1) is 10.8 Å². The van der Waals surface area contributed by atoms with Gasteiger partial charge in [0.15, 0.2) is 16.8 Å². The number of nitrogens with zero attached hydrogens (tertiary/aromatic N) is 4. The van der Waals surface area contributed by atoms with Crippen LogP contribution >= 0.6 is 23.4 Å². The Balaban J connectivity index is 1.45. The first-order chi connectivity index (χ1) is 15.0. The normalized spacial score (nSPS) is 13.5. The van der Waals surface area contributed by atoms with E-state index in [1.54, 1.807) is 6.07 Å². The molecule has 0 radical (unpaired) electrons. The van der Waals surface area contributed by atoms with E-state index in [0.717, 1.165) is 53.7 Å². The Bertz CT molecular complexity index is 1090. The van der Waals surface area contributed by atoms with Crippen LogP contribution in [0.4, 0.5) is 0 Å². The fourth-order valence-corrected chi connectivity index (χ4v) is 4.86. The molecule has 3 aromatic rings. The second kappa shape index (κ2) is 9.49. The molecule has 1 aromatic carbocycles. The van der Waals surface area contributed by atoms with E-state index in [4.69, 9.17) is 16.3 Å². The van der Waals surface area contributed by atoms with E-state index in [0.29, 0.717) is 29.2 Å². The molecule has 1 aliphatic rings. The molecule has 0 amide bonds. The van der Waals surface area contributed by atoms with Crippen molar-refractivity contribution in [2.75, 3.05) is 5.75 Å². The van der Waals surface area contributed by atoms with Gasteiger partial charge in [0.2, 0.25) is 0 Å². The van der Waals surface area contributed by atoms with E-state index >= 15 is 0 Å². The quantitative estimate of drug-likeness (QED) is 0.290. The molecule has 31 heavy (non-hydrogen) atoms. The van der Waals surface area contributed by atoms with E-state index in [1.807, 2.05) is 31.2 Å². The Kier molecular flexibility index (Phi) is 6.72. The first-order valence-electron chi connectivity index (χ1n) is 10.6. The number of ether oxygens (including phenoxy) is 1. The molecule has 1 aliphatic carbocycles. The van der Waals surface area contributed by atoms with Crippen molar-refractivity contribution in [2.45, 2.75) is 64.4 Å². The monoisotopic (exact) mass is 458 g/mol. The summed E-state index contributed by atoms with van der Waals surface area (Å²) in [5, 5.41) is 10.0. The lowest BCUT2D eigenvalue weighted by atomic mass is 10.2. The summed E-state index contributed by atoms with van der Waals surface area (Å²) in [6.07, 6.45) is 3.23. The van der Waals surface area contributed by atoms with Gasteiger partial charge in [-0.15, -0.1) is 10.2 Å². The first-order valence-corrected chi connectivity index (χ1v) is 12.0. The van der Waals surface area contributed by atoms with Crippen molar-refractivity contribution in [3.63, 3.8) is 0 Å². The van der Waals surface area contributed by atoms with Crippen molar-refractivity contribution >= 4 is 29.1 Å². The molecule has 0 aliphatic heterocycles. The van der Waals surface area contributed by atoms with Gasteiger partial charge in [-0.3, -0.25) is 9.36 Å². The van der Waals surface area contributed by atoms with Crippen molar-refractivity contribution in [1.82, 2.24) is 19.3 Å². The largest absolute Gasteiger partial charge is 0.484 e. The maximum Gasteiger partial charge on any atom is 0.192 e. The van der Waals surface area contributed by atoms with Crippen LogP contribution in [0.2, 0.25) is 5.02 Å². The SMILES string of the molecule is CCCn1c(C)cc(C(=O)CSc2nnc(COc3ccccc3Cl)n2C2CC2)c1C. The molecular weight excluding hydrogens is 432 g/mol. The number of para-hydroxylation sites is 1. The molecule has 164 valence electrons. The second-order valence-corrected chi connectivity index (χ2v) is 9.22. The van der Waals surface area contributed by atoms with Crippen molar-refractivity contribution in [2.24, 2.45) is 0 Å². The summed E-state index contributed by atoms with van der Waals surface area (Å²) in [4.78, 5) is 12.9. The highest BCUT2D eigenvalue weighted by atomic mass is 35.5. The van der Waals surface area contributed by atoms with E-state index in [9.17, 15) is 4.79 Å². The molecule has 2 heterocycles. The summed E-state index contributed by atoms with van der Waals surface area (Å²) in [5.74, 6) is 1.85. The van der Waals surface area contributed by atoms with E-state index in [-0.39, 0.29) is 5.78 Å². The second-order valence-electron chi connectivity index (χ2n) is 7.87. The van der Waals surface area contributed by atoms with Crippen LogP contribution in [0.3, 0.4) is 0 Å². The average Bonchev–Trinajstić information content (AvgIpc) is 3.46. The fraction of sp³-hybridized carbons (Fsp3) is 0.435. The number of rotatable bonds is 10. The van der Waals surface area contributed by atoms with E-state index in [1.165, 1.54) is 11.8 Å². The molecule has 0 spiro atoms. The predicted octanol–water partition coefficient (Wildman–Crippen LogP) is 5.65. The van der Waals surface area contributed by atoms with Gasteiger partial charge in [-0.1, -0.05) is 42.4 Å². The van der Waals surface area contributed by atoms with Gasteiger partial charge in [-0.05, 0) is 51.3 Å².